The van der Waals surface area contributed by atoms with E-state index in [0.29, 0.717) is 0 Å². The summed E-state index contributed by atoms with van der Waals surface area (Å²) in [4.78, 5) is 13.8. The normalized spacial score (nSPS) is 24.2. The molecule has 0 N–H and O–H groups in total. The number of allylic oxidation sites excluding steroid dienone is 3. The van der Waals surface area contributed by atoms with E-state index >= 15 is 0 Å². The van der Waals surface area contributed by atoms with Crippen molar-refractivity contribution in [2.45, 2.75) is 25.9 Å². The van der Waals surface area contributed by atoms with E-state index in [1.54, 1.807) is 6.08 Å². The van der Waals surface area contributed by atoms with Crippen LogP contribution in [0.1, 0.15) is 19.8 Å². The number of rotatable bonds is 2. The number of nitrogens with zero attached hydrogens (tertiary/aromatic N) is 3. The molecule has 0 atom stereocenters. The fourth-order valence-electron chi connectivity index (χ4n) is 2.37. The predicted octanol–water partition coefficient (Wildman–Crippen LogP) is 2.30. The van der Waals surface area contributed by atoms with Crippen molar-refractivity contribution in [2.24, 2.45) is 5.10 Å². The average Bonchev–Trinajstić information content (AvgIpc) is 2.93. The van der Waals surface area contributed by atoms with Crippen molar-refractivity contribution >= 4 is 11.6 Å². The zero-order chi connectivity index (χ0) is 14.9. The predicted molar refractivity (Wildman–Crippen MR) is 68.9 cm³/mol. The third-order valence-corrected chi connectivity index (χ3v) is 3.39. The monoisotopic (exact) mass is 287 g/mol. The number of carbonyl (C=O) groups excluding carboxylic acids is 1. The fraction of sp³-hybridized carbons (Fsp3) is 0.538. The Balaban J connectivity index is 2.30. The van der Waals surface area contributed by atoms with Gasteiger partial charge in [-0.05, 0) is 31.9 Å². The van der Waals surface area contributed by atoms with Crippen molar-refractivity contribution in [3.05, 3.63) is 23.4 Å². The molecule has 2 aliphatic rings. The van der Waals surface area contributed by atoms with E-state index < -0.39 is 23.4 Å². The smallest absolute Gasteiger partial charge is 0.375 e. The molecule has 0 aromatic heterocycles. The SMILES string of the molecule is CCN1CCC/C1=C/C=C1/C(=O)N(C)N=C1C(F)(F)F. The maximum atomic E-state index is 12.8. The van der Waals surface area contributed by atoms with Gasteiger partial charge >= 0.3 is 6.18 Å². The van der Waals surface area contributed by atoms with E-state index in [2.05, 4.69) is 10.0 Å². The molecule has 0 aromatic carbocycles. The summed E-state index contributed by atoms with van der Waals surface area (Å²) in [5, 5.41) is 3.99. The second kappa shape index (κ2) is 5.30. The Bertz CT molecular complexity index is 505. The molecular formula is C13H16F3N3O. The van der Waals surface area contributed by atoms with E-state index in [0.717, 1.165) is 36.6 Å². The molecular weight excluding hydrogens is 271 g/mol. The lowest BCUT2D eigenvalue weighted by atomic mass is 10.1. The number of alkyl halides is 3. The second-order valence-corrected chi connectivity index (χ2v) is 4.70. The molecule has 0 spiro atoms. The van der Waals surface area contributed by atoms with Gasteiger partial charge < -0.3 is 4.90 Å². The Morgan fingerprint density at radius 2 is 2.05 bits per heavy atom. The first-order valence-corrected chi connectivity index (χ1v) is 6.44. The molecule has 1 amide bonds. The number of likely N-dealkylation sites (tertiary alicyclic amines) is 1. The van der Waals surface area contributed by atoms with Gasteiger partial charge in [-0.25, -0.2) is 5.01 Å². The third-order valence-electron chi connectivity index (χ3n) is 3.39. The first-order valence-electron chi connectivity index (χ1n) is 6.44. The molecule has 4 nitrogen and oxygen atoms in total. The number of hydrogen-bond donors (Lipinski definition) is 0. The Morgan fingerprint density at radius 1 is 1.35 bits per heavy atom. The minimum atomic E-state index is -4.62. The number of hydrazone groups is 1. The molecule has 2 heterocycles. The topological polar surface area (TPSA) is 35.9 Å². The van der Waals surface area contributed by atoms with Gasteiger partial charge in [0.05, 0.1) is 5.57 Å². The highest BCUT2D eigenvalue weighted by Crippen LogP contribution is 2.28. The van der Waals surface area contributed by atoms with E-state index in [4.69, 9.17) is 0 Å². The van der Waals surface area contributed by atoms with Crippen molar-refractivity contribution in [3.8, 4) is 0 Å². The zero-order valence-electron chi connectivity index (χ0n) is 11.4. The lowest BCUT2D eigenvalue weighted by molar-refractivity contribution is -0.124. The van der Waals surface area contributed by atoms with Crippen molar-refractivity contribution < 1.29 is 18.0 Å². The summed E-state index contributed by atoms with van der Waals surface area (Å²) in [5.41, 5.74) is -0.553. The molecule has 1 saturated heterocycles. The lowest BCUT2D eigenvalue weighted by Crippen LogP contribution is -2.25. The molecule has 1 fully saturated rings. The van der Waals surface area contributed by atoms with E-state index in [1.807, 2.05) is 6.92 Å². The van der Waals surface area contributed by atoms with E-state index in [-0.39, 0.29) is 0 Å². The first-order chi connectivity index (χ1) is 9.34. The summed E-state index contributed by atoms with van der Waals surface area (Å²) in [7, 11) is 1.22. The number of halogens is 3. The molecule has 2 rings (SSSR count). The third kappa shape index (κ3) is 2.71. The highest BCUT2D eigenvalue weighted by molar-refractivity contribution is 6.26. The molecule has 0 aromatic rings. The van der Waals surface area contributed by atoms with Gasteiger partial charge in [-0.15, -0.1) is 0 Å². The Kier molecular flexibility index (Phi) is 3.87. The van der Waals surface area contributed by atoms with Crippen LogP contribution in [0.3, 0.4) is 0 Å². The molecule has 20 heavy (non-hydrogen) atoms. The first kappa shape index (κ1) is 14.6. The summed E-state index contributed by atoms with van der Waals surface area (Å²) >= 11 is 0. The molecule has 0 bridgehead atoms. The van der Waals surface area contributed by atoms with Gasteiger partial charge in [0.1, 0.15) is 0 Å². The highest BCUT2D eigenvalue weighted by Gasteiger charge is 2.45. The number of carbonyl (C=O) groups is 1. The summed E-state index contributed by atoms with van der Waals surface area (Å²) < 4.78 is 38.5. The van der Waals surface area contributed by atoms with Crippen LogP contribution in [-0.2, 0) is 4.79 Å². The second-order valence-electron chi connectivity index (χ2n) is 4.70. The minimum absolute atomic E-state index is 0.393. The molecule has 0 aliphatic carbocycles. The number of amides is 1. The summed E-state index contributed by atoms with van der Waals surface area (Å²) in [6.45, 7) is 3.70. The standard InChI is InChI=1S/C13H16F3N3O/c1-3-19-8-4-5-9(19)6-7-10-11(13(14,15)16)17-18(2)12(10)20/h6-7H,3-5,8H2,1-2H3/b9-6-,10-7+. The maximum absolute atomic E-state index is 12.8. The Morgan fingerprint density at radius 3 is 2.65 bits per heavy atom. The van der Waals surface area contributed by atoms with Crippen LogP contribution in [-0.4, -0.2) is 47.8 Å². The van der Waals surface area contributed by atoms with Gasteiger partial charge in [-0.1, -0.05) is 0 Å². The summed E-state index contributed by atoms with van der Waals surface area (Å²) in [6.07, 6.45) is 0.0214. The van der Waals surface area contributed by atoms with Crippen LogP contribution < -0.4 is 0 Å². The van der Waals surface area contributed by atoms with E-state index in [1.165, 1.54) is 13.1 Å². The molecule has 7 heteroatoms. The van der Waals surface area contributed by atoms with Gasteiger partial charge in [0.15, 0.2) is 5.71 Å². The van der Waals surface area contributed by atoms with Crippen LogP contribution in [0.5, 0.6) is 0 Å². The average molecular weight is 287 g/mol. The van der Waals surface area contributed by atoms with E-state index in [9.17, 15) is 18.0 Å². The van der Waals surface area contributed by atoms with Gasteiger partial charge in [0.2, 0.25) is 0 Å². The fourth-order valence-corrected chi connectivity index (χ4v) is 2.37. The Hall–Kier alpha value is -1.79. The highest BCUT2D eigenvalue weighted by atomic mass is 19.4. The van der Waals surface area contributed by atoms with Crippen LogP contribution in [0.4, 0.5) is 13.2 Å². The molecule has 0 unspecified atom stereocenters. The quantitative estimate of drug-likeness (QED) is 0.731. The van der Waals surface area contributed by atoms with Crippen molar-refractivity contribution in [1.29, 1.82) is 0 Å². The van der Waals surface area contributed by atoms with Gasteiger partial charge in [0, 0.05) is 25.8 Å². The lowest BCUT2D eigenvalue weighted by Gasteiger charge is -2.16. The maximum Gasteiger partial charge on any atom is 0.435 e. The van der Waals surface area contributed by atoms with Gasteiger partial charge in [-0.3, -0.25) is 4.79 Å². The van der Waals surface area contributed by atoms with Crippen molar-refractivity contribution in [1.82, 2.24) is 9.91 Å². The molecule has 110 valence electrons. The van der Waals surface area contributed by atoms with Crippen molar-refractivity contribution in [3.63, 3.8) is 0 Å². The zero-order valence-corrected chi connectivity index (χ0v) is 11.4. The Labute approximate surface area is 115 Å². The summed E-state index contributed by atoms with van der Waals surface area (Å²) in [6, 6.07) is 0. The van der Waals surface area contributed by atoms with Crippen molar-refractivity contribution in [2.75, 3.05) is 20.1 Å². The molecule has 2 aliphatic heterocycles. The number of hydrogen-bond acceptors (Lipinski definition) is 3. The van der Waals surface area contributed by atoms with Crippen LogP contribution in [0.2, 0.25) is 0 Å². The summed E-state index contributed by atoms with van der Waals surface area (Å²) in [5.74, 6) is -0.727. The molecule has 0 radical (unpaired) electrons. The van der Waals surface area contributed by atoms with Gasteiger partial charge in [-0.2, -0.15) is 18.3 Å². The number of likely N-dealkylation sites (N-methyl/N-ethyl adjacent to an activating group) is 1. The molecule has 0 saturated carbocycles. The minimum Gasteiger partial charge on any atom is -0.375 e. The van der Waals surface area contributed by atoms with Crippen LogP contribution in [0.25, 0.3) is 0 Å². The van der Waals surface area contributed by atoms with Gasteiger partial charge in [0.25, 0.3) is 5.91 Å². The largest absolute Gasteiger partial charge is 0.435 e. The van der Waals surface area contributed by atoms with Crippen LogP contribution >= 0.6 is 0 Å². The van der Waals surface area contributed by atoms with Crippen LogP contribution in [0.15, 0.2) is 28.5 Å². The van der Waals surface area contributed by atoms with Crippen LogP contribution in [0, 0.1) is 0 Å².